The molecule has 6 heteroatoms. The highest BCUT2D eigenvalue weighted by Crippen LogP contribution is 2.49. The van der Waals surface area contributed by atoms with Crippen LogP contribution in [0.3, 0.4) is 0 Å². The third-order valence-electron chi connectivity index (χ3n) is 7.47. The normalized spacial score (nSPS) is 17.2. The Balaban J connectivity index is 1.59. The molecule has 0 spiro atoms. The summed E-state index contributed by atoms with van der Waals surface area (Å²) >= 11 is 0. The van der Waals surface area contributed by atoms with E-state index < -0.39 is 0 Å². The van der Waals surface area contributed by atoms with Gasteiger partial charge in [0.05, 0.1) is 5.69 Å². The van der Waals surface area contributed by atoms with Crippen LogP contribution in [0, 0.1) is 0 Å². The number of hydrogen-bond acceptors (Lipinski definition) is 4. The average molecular weight is 470 g/mol. The van der Waals surface area contributed by atoms with Crippen molar-refractivity contribution in [1.82, 2.24) is 9.78 Å². The fourth-order valence-electron chi connectivity index (χ4n) is 5.22. The number of carbonyl (C=O) groups is 1. The third-order valence-corrected chi connectivity index (χ3v) is 7.47. The molecule has 2 aliphatic rings. The molecule has 0 atom stereocenters. The summed E-state index contributed by atoms with van der Waals surface area (Å²) in [5.74, 6) is 0.0909. The zero-order valence-corrected chi connectivity index (χ0v) is 20.7. The van der Waals surface area contributed by atoms with Gasteiger partial charge in [0.15, 0.2) is 0 Å². The van der Waals surface area contributed by atoms with Gasteiger partial charge in [-0.3, -0.25) is 14.7 Å². The number of benzene rings is 2. The van der Waals surface area contributed by atoms with Crippen LogP contribution in [0.25, 0.3) is 17.8 Å². The van der Waals surface area contributed by atoms with Crippen molar-refractivity contribution >= 4 is 24.3 Å². The molecule has 0 radical (unpaired) electrons. The molecule has 0 bridgehead atoms. The molecule has 0 saturated carbocycles. The molecule has 0 saturated heterocycles. The maximum Gasteiger partial charge on any atom is 0.299 e. The number of para-hydroxylation sites is 1. The molecule has 0 aliphatic carbocycles. The fourth-order valence-corrected chi connectivity index (χ4v) is 5.22. The summed E-state index contributed by atoms with van der Waals surface area (Å²) in [6.07, 6.45) is 5.72. The second kappa shape index (κ2) is 8.47. The van der Waals surface area contributed by atoms with E-state index in [1.54, 1.807) is 18.2 Å². The second-order valence-electron chi connectivity index (χ2n) is 10.7. The molecule has 2 aliphatic heterocycles. The molecule has 3 heterocycles. The Kier molecular flexibility index (Phi) is 5.57. The van der Waals surface area contributed by atoms with Gasteiger partial charge in [-0.05, 0) is 76.8 Å². The molecule has 1 aromatic heterocycles. The SMILES string of the molecule is CC1(C)CCN2CCC(C)(C)c3cc(C=C=Cc4c(OC=O)[nH]n(-c5ccccc5)c4=O)cc1c32. The Morgan fingerprint density at radius 2 is 1.60 bits per heavy atom. The van der Waals surface area contributed by atoms with E-state index in [4.69, 9.17) is 4.74 Å². The molecule has 180 valence electrons. The minimum atomic E-state index is -0.313. The number of nitrogens with zero attached hydrogens (tertiary/aromatic N) is 2. The molecule has 0 fully saturated rings. The first-order valence-corrected chi connectivity index (χ1v) is 12.1. The predicted molar refractivity (Wildman–Crippen MR) is 139 cm³/mol. The van der Waals surface area contributed by atoms with Gasteiger partial charge in [0.1, 0.15) is 5.56 Å². The van der Waals surface area contributed by atoms with Crippen LogP contribution in [-0.2, 0) is 15.6 Å². The van der Waals surface area contributed by atoms with Gasteiger partial charge in [0, 0.05) is 18.8 Å². The number of aromatic amines is 1. The summed E-state index contributed by atoms with van der Waals surface area (Å²) < 4.78 is 6.42. The van der Waals surface area contributed by atoms with Gasteiger partial charge in [-0.2, -0.15) is 0 Å². The molecular formula is C29H31N3O3. The lowest BCUT2D eigenvalue weighted by Crippen LogP contribution is -2.44. The smallest absolute Gasteiger partial charge is 0.299 e. The van der Waals surface area contributed by atoms with E-state index in [0.717, 1.165) is 31.5 Å². The van der Waals surface area contributed by atoms with Crippen molar-refractivity contribution in [3.8, 4) is 11.6 Å². The number of rotatable bonds is 5. The largest absolute Gasteiger partial charge is 0.409 e. The van der Waals surface area contributed by atoms with Crippen LogP contribution < -0.4 is 15.2 Å². The lowest BCUT2D eigenvalue weighted by molar-refractivity contribution is -0.120. The zero-order valence-electron chi connectivity index (χ0n) is 20.7. The van der Waals surface area contributed by atoms with Gasteiger partial charge in [-0.15, -0.1) is 5.73 Å². The van der Waals surface area contributed by atoms with E-state index in [-0.39, 0.29) is 27.8 Å². The number of carbonyl (C=O) groups excluding carboxylic acids is 1. The molecule has 6 nitrogen and oxygen atoms in total. The Bertz CT molecular complexity index is 1360. The first-order chi connectivity index (χ1) is 16.7. The Morgan fingerprint density at radius 3 is 2.20 bits per heavy atom. The summed E-state index contributed by atoms with van der Waals surface area (Å²) in [7, 11) is 0. The molecule has 2 aromatic carbocycles. The minimum Gasteiger partial charge on any atom is -0.409 e. The molecule has 3 aromatic rings. The summed E-state index contributed by atoms with van der Waals surface area (Å²) in [5, 5.41) is 2.87. The van der Waals surface area contributed by atoms with Gasteiger partial charge in [0.2, 0.25) is 5.88 Å². The molecule has 35 heavy (non-hydrogen) atoms. The summed E-state index contributed by atoms with van der Waals surface area (Å²) in [6.45, 7) is 11.8. The fraction of sp³-hybridized carbons (Fsp3) is 0.345. The van der Waals surface area contributed by atoms with Crippen LogP contribution in [0.15, 0.2) is 53.0 Å². The maximum atomic E-state index is 13.1. The Morgan fingerprint density at radius 1 is 0.971 bits per heavy atom. The predicted octanol–water partition coefficient (Wildman–Crippen LogP) is 5.20. The number of nitrogens with one attached hydrogen (secondary N) is 1. The first kappa shape index (κ1) is 23.0. The van der Waals surface area contributed by atoms with Crippen LogP contribution >= 0.6 is 0 Å². The summed E-state index contributed by atoms with van der Waals surface area (Å²) in [5.41, 5.74) is 9.14. The van der Waals surface area contributed by atoms with E-state index >= 15 is 0 Å². The lowest BCUT2D eigenvalue weighted by Gasteiger charge is -2.48. The van der Waals surface area contributed by atoms with Crippen LogP contribution in [-0.4, -0.2) is 29.3 Å². The van der Waals surface area contributed by atoms with Crippen molar-refractivity contribution < 1.29 is 9.53 Å². The molecule has 0 amide bonds. The van der Waals surface area contributed by atoms with Gasteiger partial charge < -0.3 is 9.64 Å². The van der Waals surface area contributed by atoms with Crippen molar-refractivity contribution in [3.63, 3.8) is 0 Å². The first-order valence-electron chi connectivity index (χ1n) is 12.1. The standard InChI is InChI=1S/C29H31N3O3/c1-28(2)13-15-31-16-14-29(3,4)24-18-20(17-23(28)25(24)31)9-8-12-22-26(35-19-33)30-32(27(22)34)21-10-6-5-7-11-21/h5-7,9-12,17-19,30H,13-16H2,1-4H3. The lowest BCUT2D eigenvalue weighted by atomic mass is 9.69. The number of H-pyrrole nitrogens is 1. The van der Waals surface area contributed by atoms with Crippen molar-refractivity contribution in [3.05, 3.63) is 80.8 Å². The average Bonchev–Trinajstić information content (AvgIpc) is 3.14. The Hall–Kier alpha value is -3.76. The summed E-state index contributed by atoms with van der Waals surface area (Å²) in [6, 6.07) is 13.7. The van der Waals surface area contributed by atoms with E-state index in [1.165, 1.54) is 21.5 Å². The van der Waals surface area contributed by atoms with Crippen molar-refractivity contribution in [2.75, 3.05) is 18.0 Å². The maximum absolute atomic E-state index is 13.1. The van der Waals surface area contributed by atoms with E-state index in [2.05, 4.69) is 55.6 Å². The topological polar surface area (TPSA) is 67.3 Å². The third kappa shape index (κ3) is 4.04. The van der Waals surface area contributed by atoms with E-state index in [1.807, 2.05) is 24.3 Å². The molecule has 0 unspecified atom stereocenters. The van der Waals surface area contributed by atoms with Crippen molar-refractivity contribution in [2.45, 2.75) is 51.4 Å². The number of hydrogen-bond donors (Lipinski definition) is 1. The van der Waals surface area contributed by atoms with Crippen LogP contribution in [0.1, 0.15) is 62.8 Å². The van der Waals surface area contributed by atoms with Crippen molar-refractivity contribution in [1.29, 1.82) is 0 Å². The van der Waals surface area contributed by atoms with Crippen LogP contribution in [0.4, 0.5) is 5.69 Å². The monoisotopic (exact) mass is 469 g/mol. The van der Waals surface area contributed by atoms with Gasteiger partial charge in [-0.1, -0.05) is 45.9 Å². The number of aromatic nitrogens is 2. The van der Waals surface area contributed by atoms with Gasteiger partial charge in [-0.25, -0.2) is 4.68 Å². The van der Waals surface area contributed by atoms with Crippen LogP contribution in [0.2, 0.25) is 0 Å². The van der Waals surface area contributed by atoms with E-state index in [0.29, 0.717) is 12.2 Å². The zero-order chi connectivity index (χ0) is 24.8. The van der Waals surface area contributed by atoms with E-state index in [9.17, 15) is 9.59 Å². The summed E-state index contributed by atoms with van der Waals surface area (Å²) in [4.78, 5) is 26.6. The molecular weight excluding hydrogens is 438 g/mol. The highest BCUT2D eigenvalue weighted by molar-refractivity contribution is 5.72. The molecule has 1 N–H and O–H groups in total. The Labute approximate surface area is 205 Å². The number of anilines is 1. The second-order valence-corrected chi connectivity index (χ2v) is 10.7. The highest BCUT2D eigenvalue weighted by Gasteiger charge is 2.39. The van der Waals surface area contributed by atoms with Gasteiger partial charge in [0.25, 0.3) is 12.0 Å². The van der Waals surface area contributed by atoms with Crippen molar-refractivity contribution in [2.24, 2.45) is 0 Å². The van der Waals surface area contributed by atoms with Gasteiger partial charge >= 0.3 is 0 Å². The van der Waals surface area contributed by atoms with Crippen LogP contribution in [0.5, 0.6) is 5.88 Å². The number of ether oxygens (including phenoxy) is 1. The molecule has 5 rings (SSSR count). The minimum absolute atomic E-state index is 0.0909. The quantitative estimate of drug-likeness (QED) is 0.412. The highest BCUT2D eigenvalue weighted by atomic mass is 16.5.